The Bertz CT molecular complexity index is 1190. The minimum Gasteiger partial charge on any atom is -0.463 e. The van der Waals surface area contributed by atoms with Crippen LogP contribution in [0.1, 0.15) is 44.7 Å². The molecule has 0 bridgehead atoms. The minimum absolute atomic E-state index is 0.00695. The van der Waals surface area contributed by atoms with Crippen molar-refractivity contribution in [2.45, 2.75) is 64.3 Å². The van der Waals surface area contributed by atoms with E-state index in [1.54, 1.807) is 32.9 Å². The second-order valence-electron chi connectivity index (χ2n) is 8.93. The lowest BCUT2D eigenvalue weighted by Crippen LogP contribution is -2.34. The summed E-state index contributed by atoms with van der Waals surface area (Å²) in [5, 5.41) is 2.46. The van der Waals surface area contributed by atoms with Crippen molar-refractivity contribution in [3.05, 3.63) is 54.2 Å². The number of aromatic nitrogens is 2. The van der Waals surface area contributed by atoms with Crippen LogP contribution in [0.2, 0.25) is 4.34 Å². The lowest BCUT2D eigenvalue weighted by atomic mass is 10.2. The van der Waals surface area contributed by atoms with Crippen LogP contribution in [0.5, 0.6) is 0 Å². The number of aromatic amines is 1. The molecule has 3 atom stereocenters. The van der Waals surface area contributed by atoms with E-state index < -0.39 is 53.2 Å². The molecule has 2 aromatic rings. The third kappa shape index (κ3) is 8.15. The summed E-state index contributed by atoms with van der Waals surface area (Å²) in [7, 11) is 0. The van der Waals surface area contributed by atoms with Crippen molar-refractivity contribution < 1.29 is 32.9 Å². The highest BCUT2D eigenvalue weighted by molar-refractivity contribution is 7.16. The fourth-order valence-corrected chi connectivity index (χ4v) is 4.33. The zero-order valence-electron chi connectivity index (χ0n) is 19.9. The first-order valence-electron chi connectivity index (χ1n) is 11.1. The van der Waals surface area contributed by atoms with E-state index in [0.717, 1.165) is 15.6 Å². The van der Waals surface area contributed by atoms with Gasteiger partial charge in [0.2, 0.25) is 5.82 Å². The first kappa shape index (κ1) is 27.8. The van der Waals surface area contributed by atoms with E-state index in [1.807, 2.05) is 4.98 Å². The summed E-state index contributed by atoms with van der Waals surface area (Å²) in [5.74, 6) is -1.74. The maximum absolute atomic E-state index is 13.8. The number of rotatable bonds is 9. The van der Waals surface area contributed by atoms with Crippen molar-refractivity contribution in [2.24, 2.45) is 0 Å². The SMILES string of the molecule is CC(C)(C)OC(=O)NCCC(=O)OC[C@H]1O[C@@H](n2cc(F)c(=O)[nH]c2=O)C[C@@H]1OCc1ccc(Cl)s1. The molecule has 2 N–H and O–H groups in total. The van der Waals surface area contributed by atoms with E-state index in [1.165, 1.54) is 11.3 Å². The van der Waals surface area contributed by atoms with Gasteiger partial charge in [-0.1, -0.05) is 11.6 Å². The number of thiophene rings is 1. The van der Waals surface area contributed by atoms with Gasteiger partial charge in [-0.05, 0) is 32.9 Å². The molecule has 3 heterocycles. The van der Waals surface area contributed by atoms with Crippen molar-refractivity contribution in [3.63, 3.8) is 0 Å². The smallest absolute Gasteiger partial charge is 0.407 e. The lowest BCUT2D eigenvalue weighted by molar-refractivity contribution is -0.151. The topological polar surface area (TPSA) is 138 Å². The standard InChI is InChI=1S/C22H27ClFN3O8S/c1-22(2,3)35-21(31)25-7-6-18(28)33-11-15-14(32-10-12-4-5-16(23)36-12)8-17(34-15)27-9-13(24)19(29)26-20(27)30/h4-5,9,14-15,17H,6-8,10-11H2,1-3H3,(H,25,31)(H,26,29,30)/t14-,15+,17+/m0/s1. The molecule has 36 heavy (non-hydrogen) atoms. The molecule has 198 valence electrons. The number of nitrogens with one attached hydrogen (secondary N) is 2. The Hall–Kier alpha value is -2.74. The fourth-order valence-electron chi connectivity index (χ4n) is 3.32. The number of H-pyrrole nitrogens is 1. The van der Waals surface area contributed by atoms with Crippen LogP contribution in [-0.2, 0) is 30.3 Å². The van der Waals surface area contributed by atoms with Crippen molar-refractivity contribution >= 4 is 35.0 Å². The highest BCUT2D eigenvalue weighted by atomic mass is 35.5. The second kappa shape index (κ2) is 12.0. The number of hydrogen-bond acceptors (Lipinski definition) is 9. The molecule has 0 spiro atoms. The minimum atomic E-state index is -1.14. The Morgan fingerprint density at radius 3 is 2.75 bits per heavy atom. The predicted molar refractivity (Wildman–Crippen MR) is 128 cm³/mol. The van der Waals surface area contributed by atoms with Crippen LogP contribution < -0.4 is 16.6 Å². The molecule has 1 aliphatic heterocycles. The molecule has 2 aromatic heterocycles. The zero-order valence-corrected chi connectivity index (χ0v) is 21.4. The summed E-state index contributed by atoms with van der Waals surface area (Å²) in [6.07, 6.45) is -2.23. The number of carbonyl (C=O) groups excluding carboxylic acids is 2. The quantitative estimate of drug-likeness (QED) is 0.457. The molecule has 1 amide bonds. The van der Waals surface area contributed by atoms with Gasteiger partial charge in [0.1, 0.15) is 24.5 Å². The zero-order chi connectivity index (χ0) is 26.5. The number of halogens is 2. The van der Waals surface area contributed by atoms with Gasteiger partial charge in [0.15, 0.2) is 0 Å². The summed E-state index contributed by atoms with van der Waals surface area (Å²) in [4.78, 5) is 50.1. The van der Waals surface area contributed by atoms with Gasteiger partial charge in [0.05, 0.1) is 29.7 Å². The molecular weight excluding hydrogens is 521 g/mol. The Morgan fingerprint density at radius 1 is 1.33 bits per heavy atom. The molecule has 0 unspecified atom stereocenters. The van der Waals surface area contributed by atoms with Crippen molar-refractivity contribution in [1.29, 1.82) is 0 Å². The Balaban J connectivity index is 1.59. The molecule has 0 aromatic carbocycles. The van der Waals surface area contributed by atoms with Crippen LogP contribution in [-0.4, -0.2) is 52.6 Å². The molecule has 1 aliphatic rings. The molecular formula is C22H27ClFN3O8S. The molecule has 0 aliphatic carbocycles. The maximum Gasteiger partial charge on any atom is 0.407 e. The number of esters is 1. The highest BCUT2D eigenvalue weighted by Crippen LogP contribution is 2.32. The van der Waals surface area contributed by atoms with E-state index >= 15 is 0 Å². The molecule has 3 rings (SSSR count). The summed E-state index contributed by atoms with van der Waals surface area (Å²) in [5.41, 5.74) is -2.65. The highest BCUT2D eigenvalue weighted by Gasteiger charge is 2.38. The number of alkyl carbamates (subject to hydrolysis) is 1. The van der Waals surface area contributed by atoms with Crippen LogP contribution >= 0.6 is 22.9 Å². The third-order valence-electron chi connectivity index (χ3n) is 4.89. The normalized spacial score (nSPS) is 19.8. The summed E-state index contributed by atoms with van der Waals surface area (Å²) in [6, 6.07) is 3.53. The number of nitrogens with zero attached hydrogens (tertiary/aromatic N) is 1. The van der Waals surface area contributed by atoms with E-state index in [0.29, 0.717) is 4.34 Å². The second-order valence-corrected chi connectivity index (χ2v) is 10.7. The van der Waals surface area contributed by atoms with E-state index in [-0.39, 0.29) is 32.6 Å². The molecule has 0 radical (unpaired) electrons. The van der Waals surface area contributed by atoms with Crippen molar-refractivity contribution in [1.82, 2.24) is 14.9 Å². The average molecular weight is 548 g/mol. The first-order valence-corrected chi connectivity index (χ1v) is 12.3. The molecule has 11 nitrogen and oxygen atoms in total. The maximum atomic E-state index is 13.8. The fraction of sp³-hybridized carbons (Fsp3) is 0.545. The van der Waals surface area contributed by atoms with Gasteiger partial charge in [-0.3, -0.25) is 19.1 Å². The number of hydrogen-bond donors (Lipinski definition) is 2. The van der Waals surface area contributed by atoms with E-state index in [4.69, 9.17) is 30.5 Å². The summed E-state index contributed by atoms with van der Waals surface area (Å²) in [6.45, 7) is 5.15. The number of amides is 1. The molecule has 0 saturated carbocycles. The van der Waals surface area contributed by atoms with Gasteiger partial charge < -0.3 is 24.3 Å². The van der Waals surface area contributed by atoms with Gasteiger partial charge >= 0.3 is 17.8 Å². The molecule has 1 fully saturated rings. The molecule has 1 saturated heterocycles. The Labute approximate surface area is 214 Å². The van der Waals surface area contributed by atoms with Crippen molar-refractivity contribution in [2.75, 3.05) is 13.2 Å². The van der Waals surface area contributed by atoms with Crippen LogP contribution in [0.15, 0.2) is 27.9 Å². The van der Waals surface area contributed by atoms with E-state index in [9.17, 15) is 23.6 Å². The lowest BCUT2D eigenvalue weighted by Gasteiger charge is -2.20. The number of ether oxygens (including phenoxy) is 4. The van der Waals surface area contributed by atoms with Crippen LogP contribution in [0.25, 0.3) is 0 Å². The summed E-state index contributed by atoms with van der Waals surface area (Å²) < 4.78 is 37.4. The van der Waals surface area contributed by atoms with E-state index in [2.05, 4.69) is 5.32 Å². The Morgan fingerprint density at radius 2 is 2.08 bits per heavy atom. The van der Waals surface area contributed by atoms with Gasteiger partial charge in [-0.15, -0.1) is 11.3 Å². The predicted octanol–water partition coefficient (Wildman–Crippen LogP) is 2.72. The van der Waals surface area contributed by atoms with Gasteiger partial charge in [0, 0.05) is 17.8 Å². The first-order chi connectivity index (χ1) is 16.9. The van der Waals surface area contributed by atoms with Gasteiger partial charge in [0.25, 0.3) is 5.56 Å². The van der Waals surface area contributed by atoms with Crippen LogP contribution in [0.3, 0.4) is 0 Å². The average Bonchev–Trinajstić information content (AvgIpc) is 3.37. The Kier molecular flexibility index (Phi) is 9.28. The summed E-state index contributed by atoms with van der Waals surface area (Å²) >= 11 is 7.29. The largest absolute Gasteiger partial charge is 0.463 e. The van der Waals surface area contributed by atoms with Crippen LogP contribution in [0.4, 0.5) is 9.18 Å². The van der Waals surface area contributed by atoms with Gasteiger partial charge in [-0.25, -0.2) is 9.59 Å². The monoisotopic (exact) mass is 547 g/mol. The number of carbonyl (C=O) groups is 2. The van der Waals surface area contributed by atoms with Crippen molar-refractivity contribution in [3.8, 4) is 0 Å². The van der Waals surface area contributed by atoms with Crippen LogP contribution in [0, 0.1) is 5.82 Å². The molecule has 14 heteroatoms. The van der Waals surface area contributed by atoms with Gasteiger partial charge in [-0.2, -0.15) is 4.39 Å². The third-order valence-corrected chi connectivity index (χ3v) is 6.09.